The van der Waals surface area contributed by atoms with Crippen molar-refractivity contribution in [1.29, 1.82) is 0 Å². The van der Waals surface area contributed by atoms with Gasteiger partial charge in [0.25, 0.3) is 0 Å². The van der Waals surface area contributed by atoms with Gasteiger partial charge in [-0.15, -0.1) is 18.3 Å². The van der Waals surface area contributed by atoms with E-state index in [-0.39, 0.29) is 5.91 Å². The predicted molar refractivity (Wildman–Crippen MR) is 95.6 cm³/mol. The SMILES string of the molecule is C=CCSC[C@H](NC(C)=O)C(=O)O.CC=CSC[C@H](N)C(=O)O. The normalized spacial score (nSPS) is 12.7. The van der Waals surface area contributed by atoms with Crippen molar-refractivity contribution in [3.05, 3.63) is 24.1 Å². The van der Waals surface area contributed by atoms with E-state index in [4.69, 9.17) is 15.9 Å². The summed E-state index contributed by atoms with van der Waals surface area (Å²) in [5, 5.41) is 21.2. The highest BCUT2D eigenvalue weighted by atomic mass is 32.2. The summed E-state index contributed by atoms with van der Waals surface area (Å²) >= 11 is 2.82. The molecule has 5 N–H and O–H groups in total. The molecule has 7 nitrogen and oxygen atoms in total. The van der Waals surface area contributed by atoms with E-state index >= 15 is 0 Å². The number of rotatable bonds is 10. The largest absolute Gasteiger partial charge is 0.480 e. The van der Waals surface area contributed by atoms with Crippen LogP contribution in [0, 0.1) is 0 Å². The van der Waals surface area contributed by atoms with Gasteiger partial charge in [-0.2, -0.15) is 11.8 Å². The van der Waals surface area contributed by atoms with E-state index in [1.165, 1.54) is 30.4 Å². The summed E-state index contributed by atoms with van der Waals surface area (Å²) in [5.41, 5.74) is 5.20. The first kappa shape index (κ1) is 23.8. The summed E-state index contributed by atoms with van der Waals surface area (Å²) < 4.78 is 0. The van der Waals surface area contributed by atoms with Crippen LogP contribution in [0.3, 0.4) is 0 Å². The number of hydrogen-bond acceptors (Lipinski definition) is 6. The van der Waals surface area contributed by atoms with Gasteiger partial charge in [0.05, 0.1) is 0 Å². The number of hydrogen-bond donors (Lipinski definition) is 4. The summed E-state index contributed by atoms with van der Waals surface area (Å²) in [6, 6.07) is -1.55. The molecule has 0 aromatic rings. The van der Waals surface area contributed by atoms with Gasteiger partial charge >= 0.3 is 11.9 Å². The second kappa shape index (κ2) is 15.4. The predicted octanol–water partition coefficient (Wildman–Crippen LogP) is 1.16. The molecule has 23 heavy (non-hydrogen) atoms. The molecule has 132 valence electrons. The van der Waals surface area contributed by atoms with Crippen LogP contribution in [0.15, 0.2) is 24.1 Å². The van der Waals surface area contributed by atoms with Gasteiger partial charge in [0.1, 0.15) is 12.1 Å². The Morgan fingerprint density at radius 1 is 1.26 bits per heavy atom. The monoisotopic (exact) mass is 364 g/mol. The molecule has 0 unspecified atom stereocenters. The van der Waals surface area contributed by atoms with Gasteiger partial charge in [-0.1, -0.05) is 12.2 Å². The molecule has 0 bridgehead atoms. The average molecular weight is 364 g/mol. The molecule has 0 radical (unpaired) electrons. The fourth-order valence-electron chi connectivity index (χ4n) is 1.02. The molecule has 0 aliphatic heterocycles. The first-order chi connectivity index (χ1) is 10.8. The molecular formula is C14H24N2O5S2. The van der Waals surface area contributed by atoms with Crippen molar-refractivity contribution in [1.82, 2.24) is 5.32 Å². The molecule has 9 heteroatoms. The van der Waals surface area contributed by atoms with Crippen LogP contribution in [0.1, 0.15) is 13.8 Å². The number of thioether (sulfide) groups is 2. The molecule has 0 fully saturated rings. The Bertz CT molecular complexity index is 416. The Balaban J connectivity index is 0. The van der Waals surface area contributed by atoms with E-state index in [1.807, 2.05) is 18.4 Å². The summed E-state index contributed by atoms with van der Waals surface area (Å²) in [7, 11) is 0. The third kappa shape index (κ3) is 16.7. The Hall–Kier alpha value is -1.45. The van der Waals surface area contributed by atoms with Gasteiger partial charge in [-0.05, 0) is 12.3 Å². The highest BCUT2D eigenvalue weighted by molar-refractivity contribution is 8.02. The molecule has 0 aliphatic carbocycles. The highest BCUT2D eigenvalue weighted by Crippen LogP contribution is 2.03. The van der Waals surface area contributed by atoms with Gasteiger partial charge in [0.2, 0.25) is 5.91 Å². The molecule has 0 aromatic heterocycles. The number of carbonyl (C=O) groups excluding carboxylic acids is 1. The van der Waals surface area contributed by atoms with Crippen molar-refractivity contribution in [3.63, 3.8) is 0 Å². The fourth-order valence-corrected chi connectivity index (χ4v) is 2.43. The smallest absolute Gasteiger partial charge is 0.327 e. The van der Waals surface area contributed by atoms with Crippen molar-refractivity contribution < 1.29 is 24.6 Å². The lowest BCUT2D eigenvalue weighted by molar-refractivity contribution is -0.140. The van der Waals surface area contributed by atoms with Crippen LogP contribution in [-0.4, -0.2) is 57.4 Å². The molecule has 0 aliphatic rings. The number of aliphatic carboxylic acids is 2. The maximum atomic E-state index is 10.6. The van der Waals surface area contributed by atoms with Crippen LogP contribution in [-0.2, 0) is 14.4 Å². The van der Waals surface area contributed by atoms with Crippen LogP contribution in [0.4, 0.5) is 0 Å². The average Bonchev–Trinajstić information content (AvgIpc) is 2.46. The first-order valence-electron chi connectivity index (χ1n) is 6.65. The Labute approximate surface area is 144 Å². The van der Waals surface area contributed by atoms with E-state index in [9.17, 15) is 14.4 Å². The number of nitrogens with one attached hydrogen (secondary N) is 1. The minimum Gasteiger partial charge on any atom is -0.480 e. The van der Waals surface area contributed by atoms with Crippen LogP contribution in [0.2, 0.25) is 0 Å². The fraction of sp³-hybridized carbons (Fsp3) is 0.500. The zero-order valence-electron chi connectivity index (χ0n) is 13.2. The Morgan fingerprint density at radius 2 is 1.87 bits per heavy atom. The Kier molecular flexibility index (Phi) is 16.0. The molecule has 0 heterocycles. The summed E-state index contributed by atoms with van der Waals surface area (Å²) in [5.74, 6) is -0.806. The number of allylic oxidation sites excluding steroid dienone is 1. The molecule has 0 saturated heterocycles. The second-order valence-corrected chi connectivity index (χ2v) is 6.18. The van der Waals surface area contributed by atoms with Gasteiger partial charge in [0.15, 0.2) is 0 Å². The van der Waals surface area contributed by atoms with E-state index in [1.54, 1.807) is 6.08 Å². The molecule has 2 atom stereocenters. The first-order valence-corrected chi connectivity index (χ1v) is 8.86. The standard InChI is InChI=1S/C8H13NO3S.C6H11NO2S/c1-3-4-13-5-7(8(11)12)9-6(2)10;1-2-3-10-4-5(7)6(8)9/h3,7H,1,4-5H2,2H3,(H,9,10)(H,11,12);2-3,5H,4,7H2,1H3,(H,8,9)/t7-;5-/m00/s1. The quantitative estimate of drug-likeness (QED) is 0.336. The van der Waals surface area contributed by atoms with Gasteiger partial charge in [-0.3, -0.25) is 9.59 Å². The lowest BCUT2D eigenvalue weighted by Crippen LogP contribution is -2.41. The van der Waals surface area contributed by atoms with Gasteiger partial charge in [0, 0.05) is 24.2 Å². The third-order valence-electron chi connectivity index (χ3n) is 2.02. The second-order valence-electron chi connectivity index (χ2n) is 4.16. The third-order valence-corrected chi connectivity index (χ3v) is 4.08. The summed E-state index contributed by atoms with van der Waals surface area (Å²) in [4.78, 5) is 31.3. The topological polar surface area (TPSA) is 130 Å². The van der Waals surface area contributed by atoms with Gasteiger partial charge in [-0.25, -0.2) is 4.79 Å². The van der Waals surface area contributed by atoms with E-state index in [2.05, 4.69) is 11.9 Å². The number of carboxylic acid groups (broad SMARTS) is 2. The number of amides is 1. The number of nitrogens with two attached hydrogens (primary N) is 1. The summed E-state index contributed by atoms with van der Waals surface area (Å²) in [6.45, 7) is 6.68. The van der Waals surface area contributed by atoms with Crippen LogP contribution in [0.5, 0.6) is 0 Å². The zero-order valence-corrected chi connectivity index (χ0v) is 14.9. The van der Waals surface area contributed by atoms with Gasteiger partial charge < -0.3 is 21.3 Å². The molecule has 0 saturated carbocycles. The lowest BCUT2D eigenvalue weighted by Gasteiger charge is -2.11. The molecule has 0 rings (SSSR count). The lowest BCUT2D eigenvalue weighted by atomic mass is 10.3. The van der Waals surface area contributed by atoms with Crippen molar-refractivity contribution >= 4 is 41.4 Å². The number of carboxylic acids is 2. The molecule has 0 aromatic carbocycles. The Morgan fingerprint density at radius 3 is 2.26 bits per heavy atom. The van der Waals surface area contributed by atoms with Crippen molar-refractivity contribution in [2.45, 2.75) is 25.9 Å². The maximum absolute atomic E-state index is 10.6. The minimum atomic E-state index is -1.01. The minimum absolute atomic E-state index is 0.327. The van der Waals surface area contributed by atoms with Crippen molar-refractivity contribution in [2.24, 2.45) is 5.73 Å². The van der Waals surface area contributed by atoms with Crippen molar-refractivity contribution in [2.75, 3.05) is 17.3 Å². The number of carbonyl (C=O) groups is 3. The maximum Gasteiger partial charge on any atom is 0.327 e. The zero-order chi connectivity index (χ0) is 18.3. The van der Waals surface area contributed by atoms with Crippen molar-refractivity contribution in [3.8, 4) is 0 Å². The van der Waals surface area contributed by atoms with Crippen LogP contribution >= 0.6 is 23.5 Å². The molecular weight excluding hydrogens is 340 g/mol. The summed E-state index contributed by atoms with van der Waals surface area (Å²) in [6.07, 6.45) is 3.54. The van der Waals surface area contributed by atoms with Crippen LogP contribution in [0.25, 0.3) is 0 Å². The van der Waals surface area contributed by atoms with E-state index in [0.29, 0.717) is 17.3 Å². The highest BCUT2D eigenvalue weighted by Gasteiger charge is 2.17. The molecule has 0 spiro atoms. The molecule has 1 amide bonds. The van der Waals surface area contributed by atoms with E-state index in [0.717, 1.165) is 0 Å². The van der Waals surface area contributed by atoms with E-state index < -0.39 is 24.0 Å². The van der Waals surface area contributed by atoms with Crippen LogP contribution < -0.4 is 11.1 Å².